The molecule has 0 saturated heterocycles. The Morgan fingerprint density at radius 3 is 2.44 bits per heavy atom. The highest BCUT2D eigenvalue weighted by Crippen LogP contribution is 2.32. The van der Waals surface area contributed by atoms with E-state index in [1.54, 1.807) is 0 Å². The zero-order valence-electron chi connectivity index (χ0n) is 16.7. The van der Waals surface area contributed by atoms with Gasteiger partial charge in [-0.25, -0.2) is 35.0 Å². The molecule has 1 N–H and O–H groups in total. The van der Waals surface area contributed by atoms with Gasteiger partial charge in [0.25, 0.3) is 10.0 Å². The number of amides is 1. The Labute approximate surface area is 182 Å². The molecule has 3 aromatic rings. The molecule has 170 valence electrons. The fourth-order valence-corrected chi connectivity index (χ4v) is 4.98. The van der Waals surface area contributed by atoms with Crippen molar-refractivity contribution in [1.29, 1.82) is 0 Å². The van der Waals surface area contributed by atoms with Crippen molar-refractivity contribution in [3.8, 4) is 11.3 Å². The van der Waals surface area contributed by atoms with Gasteiger partial charge in [0.1, 0.15) is 12.3 Å². The first-order valence-corrected chi connectivity index (χ1v) is 12.2. The first-order valence-electron chi connectivity index (χ1n) is 8.87. The number of carbonyl (C=O) groups excluding carboxylic acids is 1. The van der Waals surface area contributed by atoms with Crippen LogP contribution < -0.4 is 5.32 Å². The maximum absolute atomic E-state index is 15.2. The first-order chi connectivity index (χ1) is 15.0. The lowest BCUT2D eigenvalue weighted by atomic mass is 10.2. The van der Waals surface area contributed by atoms with E-state index in [0.717, 1.165) is 36.8 Å². The number of hydrogen-bond acceptors (Lipinski definition) is 7. The van der Waals surface area contributed by atoms with Gasteiger partial charge in [0.2, 0.25) is 5.95 Å². The first kappa shape index (κ1) is 23.3. The molecule has 9 nitrogen and oxygen atoms in total. The number of rotatable bonds is 6. The second-order valence-corrected chi connectivity index (χ2v) is 10.4. The van der Waals surface area contributed by atoms with E-state index in [2.05, 4.69) is 10.3 Å². The number of alkyl carbamates (subject to hydrolysis) is 1. The van der Waals surface area contributed by atoms with Gasteiger partial charge >= 0.3 is 6.09 Å². The van der Waals surface area contributed by atoms with E-state index in [4.69, 9.17) is 4.74 Å². The highest BCUT2D eigenvalue weighted by Gasteiger charge is 2.29. The zero-order chi connectivity index (χ0) is 23.7. The van der Waals surface area contributed by atoms with E-state index in [9.17, 15) is 26.0 Å². The number of nitrogens with zero attached hydrogens (tertiary/aromatic N) is 2. The number of aromatic nitrogens is 2. The predicted octanol–water partition coefficient (Wildman–Crippen LogP) is 2.32. The van der Waals surface area contributed by atoms with E-state index in [-0.39, 0.29) is 10.5 Å². The lowest BCUT2D eigenvalue weighted by Gasteiger charge is -2.12. The van der Waals surface area contributed by atoms with Gasteiger partial charge < -0.3 is 10.1 Å². The minimum Gasteiger partial charge on any atom is -0.445 e. The van der Waals surface area contributed by atoms with Crippen LogP contribution in [-0.4, -0.2) is 45.2 Å². The maximum Gasteiger partial charge on any atom is 0.407 e. The Hall–Kier alpha value is -3.32. The lowest BCUT2D eigenvalue weighted by Crippen LogP contribution is -2.19. The van der Waals surface area contributed by atoms with Crippen molar-refractivity contribution in [3.05, 3.63) is 66.1 Å². The summed E-state index contributed by atoms with van der Waals surface area (Å²) in [6, 6.07) is 6.85. The molecule has 2 aromatic heterocycles. The zero-order valence-corrected chi connectivity index (χ0v) is 18.4. The van der Waals surface area contributed by atoms with E-state index in [1.165, 1.54) is 25.2 Å². The second-order valence-electron chi connectivity index (χ2n) is 6.53. The van der Waals surface area contributed by atoms with Gasteiger partial charge in [-0.15, -0.1) is 0 Å². The fourth-order valence-electron chi connectivity index (χ4n) is 2.80. The number of hydrogen-bond donors (Lipinski definition) is 1. The number of nitrogens with one attached hydrogen (secondary N) is 1. The molecular formula is C19H17F2N3O6S2. The third-order valence-corrected chi connectivity index (χ3v) is 7.12. The van der Waals surface area contributed by atoms with Gasteiger partial charge in [-0.2, -0.15) is 4.39 Å². The minimum absolute atomic E-state index is 0.275. The summed E-state index contributed by atoms with van der Waals surface area (Å²) < 4.78 is 85.2. The standard InChI is InChI=1S/C19H17F2N3O6S2/c1-22-19(25)30-11-12-10-24(17(16(12)20)15-7-4-8-23-18(15)21)32(28,29)14-6-3-5-13(9-14)31(2,26)27/h3-10H,11H2,1-2H3,(H,22,25). The molecule has 0 unspecified atom stereocenters. The Kier molecular flexibility index (Phi) is 6.32. The van der Waals surface area contributed by atoms with Gasteiger partial charge in [0, 0.05) is 31.3 Å². The van der Waals surface area contributed by atoms with Crippen molar-refractivity contribution in [2.75, 3.05) is 13.3 Å². The minimum atomic E-state index is -4.60. The van der Waals surface area contributed by atoms with Crippen LogP contribution in [0, 0.1) is 11.8 Å². The van der Waals surface area contributed by atoms with Gasteiger partial charge in [-0.1, -0.05) is 6.07 Å². The van der Waals surface area contributed by atoms with Crippen LogP contribution in [0.4, 0.5) is 13.6 Å². The highest BCUT2D eigenvalue weighted by molar-refractivity contribution is 7.91. The SMILES string of the molecule is CNC(=O)OCc1cn(S(=O)(=O)c2cccc(S(C)(=O)=O)c2)c(-c2cccnc2F)c1F. The third kappa shape index (κ3) is 4.48. The van der Waals surface area contributed by atoms with Crippen molar-refractivity contribution < 1.29 is 35.1 Å². The Balaban J connectivity index is 2.25. The normalized spacial score (nSPS) is 11.9. The summed E-state index contributed by atoms with van der Waals surface area (Å²) in [5.41, 5.74) is -1.50. The van der Waals surface area contributed by atoms with Crippen molar-refractivity contribution in [2.45, 2.75) is 16.4 Å². The Morgan fingerprint density at radius 2 is 1.81 bits per heavy atom. The maximum atomic E-state index is 15.2. The predicted molar refractivity (Wildman–Crippen MR) is 109 cm³/mol. The molecule has 0 spiro atoms. The van der Waals surface area contributed by atoms with Crippen molar-refractivity contribution >= 4 is 26.0 Å². The molecule has 0 fully saturated rings. The average molecular weight is 485 g/mol. The fraction of sp³-hybridized carbons (Fsp3) is 0.158. The molecule has 0 bridgehead atoms. The van der Waals surface area contributed by atoms with Gasteiger partial charge in [0.05, 0.1) is 15.4 Å². The monoisotopic (exact) mass is 485 g/mol. The molecule has 0 aliphatic carbocycles. The van der Waals surface area contributed by atoms with Crippen LogP contribution in [0.25, 0.3) is 11.3 Å². The van der Waals surface area contributed by atoms with Gasteiger partial charge in [-0.05, 0) is 30.3 Å². The van der Waals surface area contributed by atoms with Crippen LogP contribution in [0.3, 0.4) is 0 Å². The number of halogens is 2. The molecule has 0 aliphatic heterocycles. The molecule has 2 heterocycles. The van der Waals surface area contributed by atoms with Gasteiger partial charge in [0.15, 0.2) is 15.7 Å². The summed E-state index contributed by atoms with van der Waals surface area (Å²) in [7, 11) is -7.07. The highest BCUT2D eigenvalue weighted by atomic mass is 32.2. The van der Waals surface area contributed by atoms with Crippen LogP contribution in [0.5, 0.6) is 0 Å². The number of benzene rings is 1. The summed E-state index contributed by atoms with van der Waals surface area (Å²) in [5.74, 6) is -2.28. The smallest absolute Gasteiger partial charge is 0.407 e. The summed E-state index contributed by atoms with van der Waals surface area (Å²) in [5, 5.41) is 2.16. The molecule has 0 atom stereocenters. The Morgan fingerprint density at radius 1 is 1.12 bits per heavy atom. The average Bonchev–Trinajstić information content (AvgIpc) is 3.08. The van der Waals surface area contributed by atoms with Crippen LogP contribution in [0.1, 0.15) is 5.56 Å². The lowest BCUT2D eigenvalue weighted by molar-refractivity contribution is 0.141. The molecule has 0 aliphatic rings. The van der Waals surface area contributed by atoms with Crippen LogP contribution in [-0.2, 0) is 31.2 Å². The number of ether oxygens (including phenoxy) is 1. The van der Waals surface area contributed by atoms with Crippen molar-refractivity contribution in [3.63, 3.8) is 0 Å². The number of pyridine rings is 1. The quantitative estimate of drug-likeness (QED) is 0.531. The molecular weight excluding hydrogens is 468 g/mol. The summed E-state index contributed by atoms with van der Waals surface area (Å²) in [4.78, 5) is 14.0. The van der Waals surface area contributed by atoms with Gasteiger partial charge in [-0.3, -0.25) is 0 Å². The number of sulfone groups is 1. The molecule has 32 heavy (non-hydrogen) atoms. The van der Waals surface area contributed by atoms with Crippen LogP contribution in [0.2, 0.25) is 0 Å². The summed E-state index contributed by atoms with van der Waals surface area (Å²) in [6.07, 6.45) is 1.94. The molecule has 0 saturated carbocycles. The second kappa shape index (κ2) is 8.67. The van der Waals surface area contributed by atoms with E-state index < -0.39 is 60.5 Å². The molecule has 13 heteroatoms. The van der Waals surface area contributed by atoms with Crippen LogP contribution in [0.15, 0.2) is 58.6 Å². The van der Waals surface area contributed by atoms with E-state index >= 15 is 4.39 Å². The van der Waals surface area contributed by atoms with E-state index in [0.29, 0.717) is 3.97 Å². The molecule has 1 amide bonds. The van der Waals surface area contributed by atoms with E-state index in [1.807, 2.05) is 0 Å². The number of carbonyl (C=O) groups is 1. The van der Waals surface area contributed by atoms with Crippen molar-refractivity contribution in [1.82, 2.24) is 14.3 Å². The largest absolute Gasteiger partial charge is 0.445 e. The third-order valence-electron chi connectivity index (χ3n) is 4.35. The van der Waals surface area contributed by atoms with Crippen molar-refractivity contribution in [2.24, 2.45) is 0 Å². The molecule has 1 aromatic carbocycles. The van der Waals surface area contributed by atoms with Crippen LogP contribution >= 0.6 is 0 Å². The summed E-state index contributed by atoms with van der Waals surface area (Å²) >= 11 is 0. The topological polar surface area (TPSA) is 124 Å². The Bertz CT molecular complexity index is 1400. The molecule has 0 radical (unpaired) electrons. The summed E-state index contributed by atoms with van der Waals surface area (Å²) in [6.45, 7) is -0.647. The molecule has 3 rings (SSSR count).